The number of nitrogens with zero attached hydrogens (tertiary/aromatic N) is 1. The zero-order valence-electron chi connectivity index (χ0n) is 17.1. The van der Waals surface area contributed by atoms with Gasteiger partial charge in [0.25, 0.3) is 5.91 Å². The van der Waals surface area contributed by atoms with Gasteiger partial charge in [-0.25, -0.2) is 4.39 Å². The number of anilines is 1. The van der Waals surface area contributed by atoms with Crippen molar-refractivity contribution in [3.63, 3.8) is 0 Å². The zero-order chi connectivity index (χ0) is 22.4. The average molecular weight is 427 g/mol. The molecule has 3 aromatic carbocycles. The van der Waals surface area contributed by atoms with Gasteiger partial charge in [-0.05, 0) is 48.4 Å². The summed E-state index contributed by atoms with van der Waals surface area (Å²) in [5, 5.41) is 11.6. The predicted molar refractivity (Wildman–Crippen MR) is 118 cm³/mol. The lowest BCUT2D eigenvalue weighted by Crippen LogP contribution is -2.31. The normalized spacial score (nSPS) is 16.2. The van der Waals surface area contributed by atoms with Crippen molar-refractivity contribution in [1.82, 2.24) is 0 Å². The Balaban J connectivity index is 1.68. The molecule has 1 atom stereocenters. The molecule has 5 rings (SSSR count). The van der Waals surface area contributed by atoms with Gasteiger partial charge in [-0.15, -0.1) is 0 Å². The highest BCUT2D eigenvalue weighted by atomic mass is 19.1. The van der Waals surface area contributed by atoms with Crippen molar-refractivity contribution in [3.05, 3.63) is 113 Å². The van der Waals surface area contributed by atoms with Crippen LogP contribution < -0.4 is 4.90 Å². The van der Waals surface area contributed by atoms with Gasteiger partial charge >= 0.3 is 0 Å². The molecule has 0 fully saturated rings. The minimum atomic E-state index is -0.940. The van der Waals surface area contributed by atoms with E-state index in [0.717, 1.165) is 10.9 Å². The lowest BCUT2D eigenvalue weighted by atomic mass is 9.94. The third-order valence-electron chi connectivity index (χ3n) is 5.66. The number of ketones is 1. The number of rotatable bonds is 4. The summed E-state index contributed by atoms with van der Waals surface area (Å²) in [5.74, 6) is -2.38. The van der Waals surface area contributed by atoms with Crippen LogP contribution in [-0.4, -0.2) is 16.8 Å². The van der Waals surface area contributed by atoms with Crippen LogP contribution in [0.5, 0.6) is 0 Å². The Morgan fingerprint density at radius 1 is 1.00 bits per heavy atom. The number of halogens is 1. The molecule has 1 aliphatic heterocycles. The van der Waals surface area contributed by atoms with Crippen LogP contribution in [0, 0.1) is 12.7 Å². The third-order valence-corrected chi connectivity index (χ3v) is 5.66. The number of carbonyl (C=O) groups is 2. The quantitative estimate of drug-likeness (QED) is 0.427. The Labute approximate surface area is 183 Å². The van der Waals surface area contributed by atoms with Gasteiger partial charge in [0.1, 0.15) is 11.4 Å². The highest BCUT2D eigenvalue weighted by Crippen LogP contribution is 2.43. The Hall–Kier alpha value is -4.19. The predicted octanol–water partition coefficient (Wildman–Crippen LogP) is 5.66. The van der Waals surface area contributed by atoms with E-state index in [1.165, 1.54) is 29.2 Å². The largest absolute Gasteiger partial charge is 0.503 e. The minimum absolute atomic E-state index is 0.0132. The molecule has 0 radical (unpaired) electrons. The Kier molecular flexibility index (Phi) is 4.63. The van der Waals surface area contributed by atoms with Gasteiger partial charge in [0.05, 0.1) is 11.6 Å². The van der Waals surface area contributed by atoms with Crippen LogP contribution in [0.4, 0.5) is 10.1 Å². The van der Waals surface area contributed by atoms with E-state index in [1.807, 2.05) is 25.1 Å². The molecule has 2 heterocycles. The van der Waals surface area contributed by atoms with Gasteiger partial charge < -0.3 is 9.52 Å². The smallest absolute Gasteiger partial charge is 0.294 e. The summed E-state index contributed by atoms with van der Waals surface area (Å²) in [6, 6.07) is 20.5. The number of aryl methyl sites for hydroxylation is 1. The van der Waals surface area contributed by atoms with Crippen molar-refractivity contribution < 1.29 is 23.5 Å². The second-order valence-corrected chi connectivity index (χ2v) is 7.66. The molecule has 32 heavy (non-hydrogen) atoms. The standard InChI is InChI=1S/C26H18FNO4/c1-15-6-2-4-8-19(15)28-23(16-10-12-18(27)13-11-16)22(25(30)26(28)31)24(29)21-14-17-7-3-5-9-20(17)32-21/h2-14,23,30H,1H3. The van der Waals surface area contributed by atoms with Crippen LogP contribution in [0.25, 0.3) is 11.0 Å². The molecule has 158 valence electrons. The van der Waals surface area contributed by atoms with Crippen LogP contribution in [0.3, 0.4) is 0 Å². The molecular formula is C26H18FNO4. The molecular weight excluding hydrogens is 409 g/mol. The number of benzene rings is 3. The van der Waals surface area contributed by atoms with Crippen LogP contribution in [0.2, 0.25) is 0 Å². The molecule has 1 aliphatic rings. The number of Topliss-reactive ketones (excluding diaryl/α,β-unsaturated/α-hetero) is 1. The SMILES string of the molecule is Cc1ccccc1N1C(=O)C(O)=C(C(=O)c2cc3ccccc3o2)C1c1ccc(F)cc1. The van der Waals surface area contributed by atoms with E-state index in [1.54, 1.807) is 36.4 Å². The van der Waals surface area contributed by atoms with Gasteiger partial charge in [-0.1, -0.05) is 48.5 Å². The van der Waals surface area contributed by atoms with Crippen LogP contribution in [0.1, 0.15) is 27.7 Å². The summed E-state index contributed by atoms with van der Waals surface area (Å²) in [6.45, 7) is 1.83. The molecule has 0 saturated carbocycles. The van der Waals surface area contributed by atoms with E-state index in [9.17, 15) is 19.1 Å². The summed E-state index contributed by atoms with van der Waals surface area (Å²) in [6.07, 6.45) is 0. The summed E-state index contributed by atoms with van der Waals surface area (Å²) in [4.78, 5) is 28.1. The average Bonchev–Trinajstić information content (AvgIpc) is 3.34. The topological polar surface area (TPSA) is 70.8 Å². The summed E-state index contributed by atoms with van der Waals surface area (Å²) >= 11 is 0. The Bertz CT molecular complexity index is 1370. The number of aliphatic hydroxyl groups is 1. The van der Waals surface area contributed by atoms with Crippen LogP contribution in [0.15, 0.2) is 94.6 Å². The first kappa shape index (κ1) is 19.8. The summed E-state index contributed by atoms with van der Waals surface area (Å²) in [7, 11) is 0. The highest BCUT2D eigenvalue weighted by Gasteiger charge is 2.45. The van der Waals surface area contributed by atoms with Crippen molar-refractivity contribution in [2.75, 3.05) is 4.90 Å². The van der Waals surface area contributed by atoms with E-state index in [4.69, 9.17) is 4.42 Å². The number of para-hydroxylation sites is 2. The summed E-state index contributed by atoms with van der Waals surface area (Å²) in [5.41, 5.74) is 2.24. The molecule has 0 bridgehead atoms. The second-order valence-electron chi connectivity index (χ2n) is 7.66. The molecule has 1 N–H and O–H groups in total. The monoisotopic (exact) mass is 427 g/mol. The second kappa shape index (κ2) is 7.50. The van der Waals surface area contributed by atoms with E-state index in [-0.39, 0.29) is 11.3 Å². The van der Waals surface area contributed by atoms with Crippen molar-refractivity contribution in [1.29, 1.82) is 0 Å². The number of furan rings is 1. The number of amides is 1. The van der Waals surface area contributed by atoms with Gasteiger partial charge in [0.2, 0.25) is 5.78 Å². The molecule has 1 aromatic heterocycles. The fraction of sp³-hybridized carbons (Fsp3) is 0.0769. The van der Waals surface area contributed by atoms with Gasteiger partial charge in [-0.3, -0.25) is 14.5 Å². The van der Waals surface area contributed by atoms with Gasteiger partial charge in [-0.2, -0.15) is 0 Å². The molecule has 4 aromatic rings. The number of aliphatic hydroxyl groups excluding tert-OH is 1. The molecule has 5 nitrogen and oxygen atoms in total. The molecule has 0 aliphatic carbocycles. The lowest BCUT2D eigenvalue weighted by molar-refractivity contribution is -0.117. The van der Waals surface area contributed by atoms with Crippen molar-refractivity contribution in [3.8, 4) is 0 Å². The maximum Gasteiger partial charge on any atom is 0.294 e. The molecule has 0 saturated heterocycles. The lowest BCUT2D eigenvalue weighted by Gasteiger charge is -2.28. The first-order valence-electron chi connectivity index (χ1n) is 10.1. The number of carbonyl (C=O) groups excluding carboxylic acids is 2. The van der Waals surface area contributed by atoms with Crippen molar-refractivity contribution >= 4 is 28.3 Å². The van der Waals surface area contributed by atoms with Crippen LogP contribution in [-0.2, 0) is 4.79 Å². The van der Waals surface area contributed by atoms with Gasteiger partial charge in [0, 0.05) is 11.1 Å². The minimum Gasteiger partial charge on any atom is -0.503 e. The van der Waals surface area contributed by atoms with E-state index in [2.05, 4.69) is 0 Å². The van der Waals surface area contributed by atoms with Crippen LogP contribution >= 0.6 is 0 Å². The Morgan fingerprint density at radius 3 is 2.41 bits per heavy atom. The van der Waals surface area contributed by atoms with E-state index in [0.29, 0.717) is 16.8 Å². The molecule has 0 spiro atoms. The van der Waals surface area contributed by atoms with Gasteiger partial charge in [0.15, 0.2) is 11.5 Å². The van der Waals surface area contributed by atoms with Crippen molar-refractivity contribution in [2.45, 2.75) is 13.0 Å². The number of fused-ring (bicyclic) bond motifs is 1. The first-order valence-corrected chi connectivity index (χ1v) is 10.1. The molecule has 1 unspecified atom stereocenters. The molecule has 1 amide bonds. The third kappa shape index (κ3) is 3.08. The number of hydrogen-bond acceptors (Lipinski definition) is 4. The maximum absolute atomic E-state index is 13.6. The zero-order valence-corrected chi connectivity index (χ0v) is 17.1. The highest BCUT2D eigenvalue weighted by molar-refractivity contribution is 6.20. The Morgan fingerprint density at radius 2 is 1.69 bits per heavy atom. The first-order chi connectivity index (χ1) is 15.5. The fourth-order valence-corrected chi connectivity index (χ4v) is 4.11. The fourth-order valence-electron chi connectivity index (χ4n) is 4.11. The number of hydrogen-bond donors (Lipinski definition) is 1. The molecule has 6 heteroatoms. The summed E-state index contributed by atoms with van der Waals surface area (Å²) < 4.78 is 19.3. The maximum atomic E-state index is 13.6. The van der Waals surface area contributed by atoms with Crippen molar-refractivity contribution in [2.24, 2.45) is 0 Å². The van der Waals surface area contributed by atoms with E-state index < -0.39 is 29.3 Å². The van der Waals surface area contributed by atoms with E-state index >= 15 is 0 Å².